The van der Waals surface area contributed by atoms with Crippen LogP contribution >= 0.6 is 0 Å². The zero-order valence-corrected chi connectivity index (χ0v) is 8.61. The van der Waals surface area contributed by atoms with Gasteiger partial charge in [0.15, 0.2) is 11.9 Å². The fourth-order valence-corrected chi connectivity index (χ4v) is 1.34. The molecular weight excluding hydrogens is 215 g/mol. The standard InChI is InChI=1S/C11H11FO4/c1-2-9(13)7-4-3-6(12)5-8(7)10(14)11(15)16/h3-5,10,14H,2H2,1H3,(H,15,16). The van der Waals surface area contributed by atoms with Crippen LogP contribution in [0, 0.1) is 5.82 Å². The highest BCUT2D eigenvalue weighted by Crippen LogP contribution is 2.21. The summed E-state index contributed by atoms with van der Waals surface area (Å²) in [5, 5.41) is 18.0. The number of aliphatic hydroxyl groups is 1. The van der Waals surface area contributed by atoms with Crippen LogP contribution in [0.1, 0.15) is 35.4 Å². The Kier molecular flexibility index (Phi) is 3.73. The lowest BCUT2D eigenvalue weighted by atomic mass is 9.98. The van der Waals surface area contributed by atoms with E-state index in [4.69, 9.17) is 5.11 Å². The van der Waals surface area contributed by atoms with Gasteiger partial charge < -0.3 is 10.2 Å². The molecule has 1 aromatic carbocycles. The molecule has 4 nitrogen and oxygen atoms in total. The lowest BCUT2D eigenvalue weighted by molar-refractivity contribution is -0.146. The molecule has 0 amide bonds. The van der Waals surface area contributed by atoms with Gasteiger partial charge in [0.25, 0.3) is 0 Å². The lowest BCUT2D eigenvalue weighted by Crippen LogP contribution is -2.15. The van der Waals surface area contributed by atoms with Crippen LogP contribution in [0.4, 0.5) is 4.39 Å². The maximum Gasteiger partial charge on any atom is 0.337 e. The third-order valence-corrected chi connectivity index (χ3v) is 2.16. The lowest BCUT2D eigenvalue weighted by Gasteiger charge is -2.10. The molecule has 1 rings (SSSR count). The number of carboxylic acid groups (broad SMARTS) is 1. The number of benzene rings is 1. The summed E-state index contributed by atoms with van der Waals surface area (Å²) in [5.41, 5.74) is -0.168. The Hall–Kier alpha value is -1.75. The van der Waals surface area contributed by atoms with Gasteiger partial charge in [0, 0.05) is 17.5 Å². The number of aliphatic carboxylic acids is 1. The van der Waals surface area contributed by atoms with Crippen molar-refractivity contribution in [1.82, 2.24) is 0 Å². The van der Waals surface area contributed by atoms with E-state index in [1.165, 1.54) is 6.07 Å². The fourth-order valence-electron chi connectivity index (χ4n) is 1.34. The summed E-state index contributed by atoms with van der Waals surface area (Å²) in [6.07, 6.45) is -1.73. The molecule has 1 unspecified atom stereocenters. The molecule has 0 aliphatic rings. The molecule has 0 bridgehead atoms. The van der Waals surface area contributed by atoms with Crippen molar-refractivity contribution in [3.8, 4) is 0 Å². The molecule has 0 aromatic heterocycles. The van der Waals surface area contributed by atoms with Gasteiger partial charge in [-0.3, -0.25) is 4.79 Å². The minimum atomic E-state index is -1.89. The first kappa shape index (κ1) is 12.3. The number of carbonyl (C=O) groups excluding carboxylic acids is 1. The van der Waals surface area contributed by atoms with Gasteiger partial charge in [0.05, 0.1) is 0 Å². The summed E-state index contributed by atoms with van der Waals surface area (Å²) in [6, 6.07) is 3.10. The smallest absolute Gasteiger partial charge is 0.337 e. The van der Waals surface area contributed by atoms with Gasteiger partial charge in [-0.2, -0.15) is 0 Å². The van der Waals surface area contributed by atoms with Crippen LogP contribution < -0.4 is 0 Å². The Morgan fingerprint density at radius 1 is 1.44 bits per heavy atom. The van der Waals surface area contributed by atoms with Crippen molar-refractivity contribution >= 4 is 11.8 Å². The summed E-state index contributed by atoms with van der Waals surface area (Å²) in [6.45, 7) is 1.60. The summed E-state index contributed by atoms with van der Waals surface area (Å²) in [5.74, 6) is -2.55. The van der Waals surface area contributed by atoms with E-state index in [1.807, 2.05) is 0 Å². The number of rotatable bonds is 4. The van der Waals surface area contributed by atoms with Crippen molar-refractivity contribution in [3.63, 3.8) is 0 Å². The van der Waals surface area contributed by atoms with Crippen LogP contribution in [0.2, 0.25) is 0 Å². The van der Waals surface area contributed by atoms with E-state index in [9.17, 15) is 19.1 Å². The third-order valence-electron chi connectivity index (χ3n) is 2.16. The highest BCUT2D eigenvalue weighted by atomic mass is 19.1. The van der Waals surface area contributed by atoms with Crippen LogP contribution in [-0.4, -0.2) is 22.0 Å². The predicted molar refractivity (Wildman–Crippen MR) is 53.6 cm³/mol. The highest BCUT2D eigenvalue weighted by Gasteiger charge is 2.22. The van der Waals surface area contributed by atoms with Crippen molar-refractivity contribution in [2.45, 2.75) is 19.4 Å². The monoisotopic (exact) mass is 226 g/mol. The average Bonchev–Trinajstić information content (AvgIpc) is 2.26. The van der Waals surface area contributed by atoms with Crippen molar-refractivity contribution in [2.75, 3.05) is 0 Å². The Balaban J connectivity index is 3.28. The third kappa shape index (κ3) is 2.43. The Morgan fingerprint density at radius 2 is 2.06 bits per heavy atom. The van der Waals surface area contributed by atoms with Crippen molar-refractivity contribution in [3.05, 3.63) is 35.1 Å². The Morgan fingerprint density at radius 3 is 2.56 bits per heavy atom. The molecule has 0 radical (unpaired) electrons. The van der Waals surface area contributed by atoms with Crippen LogP contribution in [0.5, 0.6) is 0 Å². The minimum absolute atomic E-state index is 0.0406. The van der Waals surface area contributed by atoms with Gasteiger partial charge in [0.2, 0.25) is 0 Å². The van der Waals surface area contributed by atoms with Gasteiger partial charge in [-0.1, -0.05) is 6.92 Å². The molecule has 0 heterocycles. The Labute approximate surface area is 91.3 Å². The molecule has 1 atom stereocenters. The Bertz CT molecular complexity index is 428. The fraction of sp³-hybridized carbons (Fsp3) is 0.273. The van der Waals surface area contributed by atoms with E-state index < -0.39 is 17.9 Å². The molecule has 1 aromatic rings. The molecule has 0 aliphatic carbocycles. The van der Waals surface area contributed by atoms with Gasteiger partial charge in [0.1, 0.15) is 5.82 Å². The topological polar surface area (TPSA) is 74.6 Å². The first-order chi connectivity index (χ1) is 7.47. The second-order valence-corrected chi connectivity index (χ2v) is 3.25. The van der Waals surface area contributed by atoms with Crippen molar-refractivity contribution in [2.24, 2.45) is 0 Å². The zero-order valence-electron chi connectivity index (χ0n) is 8.61. The summed E-state index contributed by atoms with van der Waals surface area (Å²) >= 11 is 0. The molecular formula is C11H11FO4. The average molecular weight is 226 g/mol. The number of halogens is 1. The predicted octanol–water partition coefficient (Wildman–Crippen LogP) is 1.54. The van der Waals surface area contributed by atoms with E-state index in [0.717, 1.165) is 12.1 Å². The van der Waals surface area contributed by atoms with E-state index >= 15 is 0 Å². The summed E-state index contributed by atoms with van der Waals surface area (Å²) < 4.78 is 12.9. The second kappa shape index (κ2) is 4.85. The SMILES string of the molecule is CCC(=O)c1ccc(F)cc1C(O)C(=O)O. The molecule has 0 saturated heterocycles. The first-order valence-electron chi connectivity index (χ1n) is 4.71. The van der Waals surface area contributed by atoms with E-state index in [2.05, 4.69) is 0 Å². The van der Waals surface area contributed by atoms with Gasteiger partial charge in [-0.05, 0) is 18.2 Å². The number of carboxylic acids is 1. The van der Waals surface area contributed by atoms with E-state index in [-0.39, 0.29) is 23.3 Å². The van der Waals surface area contributed by atoms with Crippen LogP contribution in [0.3, 0.4) is 0 Å². The second-order valence-electron chi connectivity index (χ2n) is 3.25. The zero-order chi connectivity index (χ0) is 12.3. The number of hydrogen-bond acceptors (Lipinski definition) is 3. The van der Waals surface area contributed by atoms with Gasteiger partial charge >= 0.3 is 5.97 Å². The maximum atomic E-state index is 12.9. The largest absolute Gasteiger partial charge is 0.479 e. The number of Topliss-reactive ketones (excluding diaryl/α,β-unsaturated/α-hetero) is 1. The molecule has 16 heavy (non-hydrogen) atoms. The molecule has 0 aliphatic heterocycles. The summed E-state index contributed by atoms with van der Waals surface area (Å²) in [4.78, 5) is 22.0. The number of ketones is 1. The normalized spacial score (nSPS) is 12.2. The van der Waals surface area contributed by atoms with Crippen LogP contribution in [0.15, 0.2) is 18.2 Å². The first-order valence-corrected chi connectivity index (χ1v) is 4.71. The molecule has 0 spiro atoms. The molecule has 0 saturated carbocycles. The quantitative estimate of drug-likeness (QED) is 0.763. The molecule has 86 valence electrons. The van der Waals surface area contributed by atoms with Crippen molar-refractivity contribution < 1.29 is 24.2 Å². The van der Waals surface area contributed by atoms with E-state index in [1.54, 1.807) is 6.92 Å². The number of hydrogen-bond donors (Lipinski definition) is 2. The number of carbonyl (C=O) groups is 2. The number of aliphatic hydroxyl groups excluding tert-OH is 1. The van der Waals surface area contributed by atoms with E-state index in [0.29, 0.717) is 0 Å². The highest BCUT2D eigenvalue weighted by molar-refractivity contribution is 5.98. The molecule has 2 N–H and O–H groups in total. The summed E-state index contributed by atoms with van der Waals surface area (Å²) in [7, 11) is 0. The van der Waals surface area contributed by atoms with Crippen LogP contribution in [0.25, 0.3) is 0 Å². The minimum Gasteiger partial charge on any atom is -0.479 e. The molecule has 5 heteroatoms. The van der Waals surface area contributed by atoms with Crippen LogP contribution in [-0.2, 0) is 4.79 Å². The molecule has 0 fully saturated rings. The van der Waals surface area contributed by atoms with Gasteiger partial charge in [-0.25, -0.2) is 9.18 Å². The van der Waals surface area contributed by atoms with Gasteiger partial charge in [-0.15, -0.1) is 0 Å². The van der Waals surface area contributed by atoms with Crippen molar-refractivity contribution in [1.29, 1.82) is 0 Å². The maximum absolute atomic E-state index is 12.9.